The number of hydrogen-bond donors (Lipinski definition) is 1. The van der Waals surface area contributed by atoms with E-state index in [4.69, 9.17) is 0 Å². The van der Waals surface area contributed by atoms with Gasteiger partial charge in [0, 0.05) is 19.0 Å². The molecule has 1 aliphatic heterocycles. The molecule has 0 bridgehead atoms. The van der Waals surface area contributed by atoms with Gasteiger partial charge < -0.3 is 10.0 Å². The monoisotopic (exact) mass is 388 g/mol. The number of carboxylic acid groups (broad SMARTS) is 1. The van der Waals surface area contributed by atoms with Crippen molar-refractivity contribution >= 4 is 11.9 Å². The van der Waals surface area contributed by atoms with Crippen molar-refractivity contribution in [2.24, 2.45) is 11.3 Å². The molecule has 2 aromatic rings. The first-order valence-electron chi connectivity index (χ1n) is 9.41. The first kappa shape index (κ1) is 20.0. The number of amides is 1. The van der Waals surface area contributed by atoms with E-state index in [1.54, 1.807) is 12.1 Å². The van der Waals surface area contributed by atoms with Crippen LogP contribution in [0.5, 0.6) is 0 Å². The van der Waals surface area contributed by atoms with E-state index in [0.717, 1.165) is 0 Å². The van der Waals surface area contributed by atoms with Gasteiger partial charge in [-0.15, -0.1) is 5.10 Å². The Morgan fingerprint density at radius 2 is 1.96 bits per heavy atom. The van der Waals surface area contributed by atoms with Gasteiger partial charge in [0.1, 0.15) is 11.6 Å². The molecule has 1 saturated heterocycles. The molecule has 0 saturated carbocycles. The second-order valence-corrected chi connectivity index (χ2v) is 7.93. The zero-order valence-electron chi connectivity index (χ0n) is 16.5. The van der Waals surface area contributed by atoms with Crippen LogP contribution in [-0.4, -0.2) is 49.7 Å². The van der Waals surface area contributed by atoms with Crippen LogP contribution >= 0.6 is 0 Å². The van der Waals surface area contributed by atoms with Gasteiger partial charge in [-0.25, -0.2) is 14.1 Å². The maximum atomic E-state index is 13.6. The first-order chi connectivity index (χ1) is 13.2. The number of carbonyl (C=O) groups is 2. The van der Waals surface area contributed by atoms with Crippen LogP contribution in [0.3, 0.4) is 0 Å². The number of carboxylic acids is 1. The molecule has 1 fully saturated rings. The van der Waals surface area contributed by atoms with Crippen LogP contribution in [0.2, 0.25) is 0 Å². The number of aromatic nitrogens is 3. The van der Waals surface area contributed by atoms with Gasteiger partial charge in [-0.05, 0) is 30.5 Å². The number of likely N-dealkylation sites (tertiary alicyclic amines) is 1. The third-order valence-corrected chi connectivity index (χ3v) is 5.51. The highest BCUT2D eigenvalue weighted by Crippen LogP contribution is 2.38. The van der Waals surface area contributed by atoms with E-state index in [-0.39, 0.29) is 24.2 Å². The standard InChI is InChI=1S/C20H25FN4O3/c1-12(2)17-22-16(23-25(17)15-7-5-6-14(21)10-15)18(26)24-9-8-20(11-24,13(3)4)19(27)28/h5-7,10,12-13H,8-9,11H2,1-4H3,(H,27,28). The van der Waals surface area contributed by atoms with Crippen molar-refractivity contribution < 1.29 is 19.1 Å². The molecule has 1 atom stereocenters. The molecule has 150 valence electrons. The molecule has 8 heteroatoms. The Hall–Kier alpha value is -2.77. The van der Waals surface area contributed by atoms with Crippen molar-refractivity contribution in [3.05, 3.63) is 41.7 Å². The summed E-state index contributed by atoms with van der Waals surface area (Å²) in [6.45, 7) is 8.02. The Morgan fingerprint density at radius 1 is 1.25 bits per heavy atom. The van der Waals surface area contributed by atoms with Gasteiger partial charge in [0.2, 0.25) is 5.82 Å². The summed E-state index contributed by atoms with van der Waals surface area (Å²) < 4.78 is 15.1. The highest BCUT2D eigenvalue weighted by molar-refractivity contribution is 5.91. The number of aliphatic carboxylic acids is 1. The zero-order valence-corrected chi connectivity index (χ0v) is 16.5. The van der Waals surface area contributed by atoms with Crippen LogP contribution in [0, 0.1) is 17.2 Å². The van der Waals surface area contributed by atoms with Crippen molar-refractivity contribution in [3.8, 4) is 5.69 Å². The molecule has 0 radical (unpaired) electrons. The predicted molar refractivity (Wildman–Crippen MR) is 101 cm³/mol. The van der Waals surface area contributed by atoms with Crippen LogP contribution in [0.1, 0.15) is 56.5 Å². The van der Waals surface area contributed by atoms with Gasteiger partial charge in [-0.3, -0.25) is 9.59 Å². The highest BCUT2D eigenvalue weighted by atomic mass is 19.1. The van der Waals surface area contributed by atoms with Gasteiger partial charge >= 0.3 is 5.97 Å². The lowest BCUT2D eigenvalue weighted by Gasteiger charge is -2.28. The quantitative estimate of drug-likeness (QED) is 0.850. The predicted octanol–water partition coefficient (Wildman–Crippen LogP) is 3.10. The van der Waals surface area contributed by atoms with Crippen LogP contribution in [-0.2, 0) is 4.79 Å². The molecule has 1 amide bonds. The smallest absolute Gasteiger partial charge is 0.311 e. The fourth-order valence-electron chi connectivity index (χ4n) is 3.63. The molecule has 1 N–H and O–H groups in total. The molecule has 1 unspecified atom stereocenters. The molecular formula is C20H25FN4O3. The number of nitrogens with zero attached hydrogens (tertiary/aromatic N) is 4. The summed E-state index contributed by atoms with van der Waals surface area (Å²) in [4.78, 5) is 30.7. The van der Waals surface area contributed by atoms with Gasteiger partial charge in [-0.1, -0.05) is 33.8 Å². The molecule has 2 heterocycles. The summed E-state index contributed by atoms with van der Waals surface area (Å²) in [6.07, 6.45) is 0.396. The van der Waals surface area contributed by atoms with E-state index in [9.17, 15) is 19.1 Å². The average Bonchev–Trinajstić information content (AvgIpc) is 3.27. The molecule has 7 nitrogen and oxygen atoms in total. The van der Waals surface area contributed by atoms with Gasteiger partial charge in [-0.2, -0.15) is 0 Å². The maximum absolute atomic E-state index is 13.6. The van der Waals surface area contributed by atoms with Crippen LogP contribution < -0.4 is 0 Å². The molecule has 3 rings (SSSR count). The Morgan fingerprint density at radius 3 is 2.50 bits per heavy atom. The zero-order chi connectivity index (χ0) is 20.6. The second kappa shape index (κ2) is 7.33. The van der Waals surface area contributed by atoms with Gasteiger partial charge in [0.05, 0.1) is 11.1 Å². The fourth-order valence-corrected chi connectivity index (χ4v) is 3.63. The highest BCUT2D eigenvalue weighted by Gasteiger charge is 2.49. The van der Waals surface area contributed by atoms with Crippen molar-refractivity contribution in [2.45, 2.75) is 40.0 Å². The first-order valence-corrected chi connectivity index (χ1v) is 9.41. The molecule has 1 aromatic heterocycles. The lowest BCUT2D eigenvalue weighted by molar-refractivity contribution is -0.150. The molecule has 1 aliphatic rings. The normalized spacial score (nSPS) is 19.6. The second-order valence-electron chi connectivity index (χ2n) is 7.93. The summed E-state index contributed by atoms with van der Waals surface area (Å²) in [7, 11) is 0. The van der Waals surface area contributed by atoms with E-state index in [0.29, 0.717) is 24.5 Å². The Labute approximate surface area is 163 Å². The van der Waals surface area contributed by atoms with Crippen LogP contribution in [0.25, 0.3) is 5.69 Å². The molecular weight excluding hydrogens is 363 g/mol. The van der Waals surface area contributed by atoms with E-state index in [1.807, 2.05) is 27.7 Å². The third-order valence-electron chi connectivity index (χ3n) is 5.51. The Kier molecular flexibility index (Phi) is 5.23. The third kappa shape index (κ3) is 3.39. The lowest BCUT2D eigenvalue weighted by atomic mass is 9.76. The van der Waals surface area contributed by atoms with Crippen molar-refractivity contribution in [1.29, 1.82) is 0 Å². The van der Waals surface area contributed by atoms with Crippen molar-refractivity contribution in [2.75, 3.05) is 13.1 Å². The summed E-state index contributed by atoms with van der Waals surface area (Å²) in [5, 5.41) is 14.0. The minimum absolute atomic E-state index is 0.00194. The van der Waals surface area contributed by atoms with E-state index < -0.39 is 23.1 Å². The minimum atomic E-state index is -0.957. The average molecular weight is 388 g/mol. The number of rotatable bonds is 5. The van der Waals surface area contributed by atoms with Crippen LogP contribution in [0.4, 0.5) is 4.39 Å². The van der Waals surface area contributed by atoms with Gasteiger partial charge in [0.15, 0.2) is 0 Å². The Bertz CT molecular complexity index is 909. The summed E-state index contributed by atoms with van der Waals surface area (Å²) in [6, 6.07) is 5.94. The topological polar surface area (TPSA) is 88.3 Å². The van der Waals surface area contributed by atoms with E-state index >= 15 is 0 Å². The molecule has 0 aliphatic carbocycles. The number of benzene rings is 1. The minimum Gasteiger partial charge on any atom is -0.481 e. The molecule has 1 aromatic carbocycles. The number of halogens is 1. The summed E-state index contributed by atoms with van der Waals surface area (Å²) in [5.74, 6) is -1.30. The van der Waals surface area contributed by atoms with Crippen LogP contribution in [0.15, 0.2) is 24.3 Å². The summed E-state index contributed by atoms with van der Waals surface area (Å²) in [5.41, 5.74) is -0.472. The van der Waals surface area contributed by atoms with E-state index in [1.165, 1.54) is 21.7 Å². The number of carbonyl (C=O) groups excluding carboxylic acids is 1. The lowest BCUT2D eigenvalue weighted by Crippen LogP contribution is -2.40. The van der Waals surface area contributed by atoms with Crippen molar-refractivity contribution in [1.82, 2.24) is 19.7 Å². The van der Waals surface area contributed by atoms with E-state index in [2.05, 4.69) is 10.1 Å². The molecule has 28 heavy (non-hydrogen) atoms. The van der Waals surface area contributed by atoms with Crippen molar-refractivity contribution in [3.63, 3.8) is 0 Å². The maximum Gasteiger partial charge on any atom is 0.311 e. The SMILES string of the molecule is CC(C)c1nc(C(=O)N2CCC(C(=O)O)(C(C)C)C2)nn1-c1cccc(F)c1. The number of hydrogen-bond acceptors (Lipinski definition) is 4. The summed E-state index contributed by atoms with van der Waals surface area (Å²) >= 11 is 0. The Balaban J connectivity index is 1.93. The fraction of sp³-hybridized carbons (Fsp3) is 0.500. The van der Waals surface area contributed by atoms with Gasteiger partial charge in [0.25, 0.3) is 5.91 Å². The largest absolute Gasteiger partial charge is 0.481 e. The molecule has 0 spiro atoms.